The predicted molar refractivity (Wildman–Crippen MR) is 140 cm³/mol. The van der Waals surface area contributed by atoms with E-state index in [-0.39, 0.29) is 11.4 Å². The van der Waals surface area contributed by atoms with Gasteiger partial charge in [0.1, 0.15) is 23.1 Å². The van der Waals surface area contributed by atoms with E-state index in [9.17, 15) is 0 Å². The molecule has 0 amide bonds. The first-order chi connectivity index (χ1) is 17.9. The maximum atomic E-state index is 15.2. The number of hydrogen-bond acceptors (Lipinski definition) is 8. The molecule has 4 heterocycles. The molecule has 0 atom stereocenters. The molecule has 1 aromatic carbocycles. The Morgan fingerprint density at radius 2 is 2.00 bits per heavy atom. The van der Waals surface area contributed by atoms with Gasteiger partial charge in [0.15, 0.2) is 5.82 Å². The second-order valence-corrected chi connectivity index (χ2v) is 9.54. The van der Waals surface area contributed by atoms with Crippen LogP contribution in [0.1, 0.15) is 34.7 Å². The van der Waals surface area contributed by atoms with Crippen molar-refractivity contribution in [3.63, 3.8) is 0 Å². The Balaban J connectivity index is 1.61. The van der Waals surface area contributed by atoms with Gasteiger partial charge in [-0.1, -0.05) is 16.8 Å². The van der Waals surface area contributed by atoms with Gasteiger partial charge in [0.25, 0.3) is 0 Å². The van der Waals surface area contributed by atoms with E-state index in [4.69, 9.17) is 30.8 Å². The van der Waals surface area contributed by atoms with Gasteiger partial charge in [-0.05, 0) is 70.6 Å². The maximum Gasteiger partial charge on any atom is 0.165 e. The molecule has 37 heavy (non-hydrogen) atoms. The third-order valence-corrected chi connectivity index (χ3v) is 6.64. The van der Waals surface area contributed by atoms with Crippen molar-refractivity contribution in [2.24, 2.45) is 0 Å². The molecule has 0 radical (unpaired) electrons. The number of nitrogens with zero attached hydrogens (tertiary/aromatic N) is 5. The van der Waals surface area contributed by atoms with Crippen LogP contribution in [0.25, 0.3) is 22.6 Å². The molecule has 0 aliphatic carbocycles. The van der Waals surface area contributed by atoms with Crippen LogP contribution >= 0.6 is 11.6 Å². The minimum absolute atomic E-state index is 0.260. The van der Waals surface area contributed by atoms with E-state index in [2.05, 4.69) is 20.4 Å². The molecule has 192 valence electrons. The lowest BCUT2D eigenvalue weighted by Gasteiger charge is -2.21. The first-order valence-corrected chi connectivity index (χ1v) is 12.5. The van der Waals surface area contributed by atoms with Crippen LogP contribution in [-0.4, -0.2) is 40.3 Å². The van der Waals surface area contributed by atoms with Crippen LogP contribution in [0.4, 0.5) is 10.2 Å². The number of aryl methyl sites for hydroxylation is 2. The van der Waals surface area contributed by atoms with Crippen LogP contribution < -0.4 is 15.0 Å². The molecule has 1 aliphatic heterocycles. The van der Waals surface area contributed by atoms with Crippen LogP contribution in [0.5, 0.6) is 5.75 Å². The molecule has 5 rings (SSSR count). The minimum atomic E-state index is -0.430. The van der Waals surface area contributed by atoms with Crippen LogP contribution in [-0.2, 0) is 13.1 Å². The van der Waals surface area contributed by atoms with E-state index in [1.165, 1.54) is 6.07 Å². The third kappa shape index (κ3) is 5.01. The minimum Gasteiger partial charge on any atom is -0.494 e. The molecule has 3 aromatic heterocycles. The van der Waals surface area contributed by atoms with Crippen LogP contribution in [0, 0.1) is 26.6 Å². The van der Waals surface area contributed by atoms with Gasteiger partial charge in [0, 0.05) is 18.3 Å². The highest BCUT2D eigenvalue weighted by atomic mass is 35.5. The largest absolute Gasteiger partial charge is 0.494 e. The first-order valence-electron chi connectivity index (χ1n) is 12.1. The first kappa shape index (κ1) is 25.1. The predicted octanol–water partition coefficient (Wildman–Crippen LogP) is 5.42. The number of rotatable bonds is 8. The smallest absolute Gasteiger partial charge is 0.165 e. The number of anilines is 1. The molecule has 1 N–H and O–H groups in total. The number of hydrogen-bond donors (Lipinski definition) is 1. The molecule has 0 fully saturated rings. The molecule has 0 unspecified atom stereocenters. The Hall–Kier alpha value is -3.56. The third-order valence-electron chi connectivity index (χ3n) is 6.44. The van der Waals surface area contributed by atoms with Gasteiger partial charge in [0.2, 0.25) is 0 Å². The Morgan fingerprint density at radius 1 is 1.16 bits per heavy atom. The zero-order valence-corrected chi connectivity index (χ0v) is 22.0. The summed E-state index contributed by atoms with van der Waals surface area (Å²) in [5.74, 6) is 1.71. The maximum absolute atomic E-state index is 15.2. The van der Waals surface area contributed by atoms with Gasteiger partial charge in [-0.2, -0.15) is 0 Å². The lowest BCUT2D eigenvalue weighted by atomic mass is 10.0. The van der Waals surface area contributed by atoms with E-state index in [0.717, 1.165) is 35.3 Å². The number of halogens is 2. The van der Waals surface area contributed by atoms with Gasteiger partial charge in [-0.25, -0.2) is 14.4 Å². The summed E-state index contributed by atoms with van der Waals surface area (Å²) in [6.45, 7) is 8.15. The monoisotopic (exact) mass is 522 g/mol. The number of pyridine rings is 1. The topological polar surface area (TPSA) is 89.2 Å². The van der Waals surface area contributed by atoms with Crippen LogP contribution in [0.3, 0.4) is 0 Å². The molecule has 1 aliphatic rings. The lowest BCUT2D eigenvalue weighted by molar-refractivity contribution is 0.309. The molecular weight excluding hydrogens is 495 g/mol. The second-order valence-electron chi connectivity index (χ2n) is 9.11. The zero-order chi connectivity index (χ0) is 26.1. The van der Waals surface area contributed by atoms with Crippen molar-refractivity contribution in [2.75, 3.05) is 25.1 Å². The highest BCUT2D eigenvalue weighted by Gasteiger charge is 2.28. The Bertz CT molecular complexity index is 1440. The quantitative estimate of drug-likeness (QED) is 0.307. The van der Waals surface area contributed by atoms with Gasteiger partial charge in [-0.15, -0.1) is 0 Å². The molecule has 0 spiro atoms. The summed E-state index contributed by atoms with van der Waals surface area (Å²) in [5, 5.41) is 7.79. The standard InChI is InChI=1S/C27H28ClFN6O2/c1-15-25(24-16(2)34-37-17(24)3)32-26(21-11-20(6-7-22(21)29)36-9-5-8-30-4)33-27(15)35-13-18-10-19(28)12-31-23(18)14-35/h6-7,10-12,30H,5,8-9,13-14H2,1-4H3. The fraction of sp³-hybridized carbons (Fsp3) is 0.333. The number of benzene rings is 1. The second kappa shape index (κ2) is 10.4. The van der Waals surface area contributed by atoms with Crippen LogP contribution in [0.2, 0.25) is 5.02 Å². The summed E-state index contributed by atoms with van der Waals surface area (Å²) in [5.41, 5.74) is 5.21. The molecule has 4 aromatic rings. The fourth-order valence-corrected chi connectivity index (χ4v) is 4.76. The number of nitrogens with one attached hydrogen (secondary N) is 1. The molecular formula is C27H28ClFN6O2. The highest BCUT2D eigenvalue weighted by molar-refractivity contribution is 6.30. The SMILES string of the molecule is CNCCCOc1ccc(F)c(-c2nc(-c3c(C)noc3C)c(C)c(N3Cc4cc(Cl)cnc4C3)n2)c1. The van der Waals surface area contributed by atoms with Crippen molar-refractivity contribution in [1.82, 2.24) is 25.4 Å². The van der Waals surface area contributed by atoms with Gasteiger partial charge < -0.3 is 19.5 Å². The average Bonchev–Trinajstić information content (AvgIpc) is 3.45. The van der Waals surface area contributed by atoms with Crippen molar-refractivity contribution in [2.45, 2.75) is 40.3 Å². The van der Waals surface area contributed by atoms with Crippen LogP contribution in [0.15, 0.2) is 35.0 Å². The van der Waals surface area contributed by atoms with E-state index < -0.39 is 5.82 Å². The average molecular weight is 523 g/mol. The van der Waals surface area contributed by atoms with Gasteiger partial charge >= 0.3 is 0 Å². The van der Waals surface area contributed by atoms with Crippen molar-refractivity contribution < 1.29 is 13.7 Å². The summed E-state index contributed by atoms with van der Waals surface area (Å²) in [6, 6.07) is 6.58. The zero-order valence-electron chi connectivity index (χ0n) is 21.2. The Morgan fingerprint density at radius 3 is 2.76 bits per heavy atom. The molecule has 8 nitrogen and oxygen atoms in total. The van der Waals surface area contributed by atoms with Crippen molar-refractivity contribution in [3.8, 4) is 28.4 Å². The van der Waals surface area contributed by atoms with Crippen molar-refractivity contribution in [1.29, 1.82) is 0 Å². The van der Waals surface area contributed by atoms with Crippen molar-refractivity contribution in [3.05, 3.63) is 69.6 Å². The molecule has 10 heteroatoms. The van der Waals surface area contributed by atoms with Gasteiger partial charge in [-0.3, -0.25) is 4.98 Å². The fourth-order valence-electron chi connectivity index (χ4n) is 4.58. The Labute approximate surface area is 219 Å². The number of fused-ring (bicyclic) bond motifs is 1. The van der Waals surface area contributed by atoms with E-state index in [1.807, 2.05) is 33.9 Å². The van der Waals surface area contributed by atoms with E-state index in [1.54, 1.807) is 18.3 Å². The van der Waals surface area contributed by atoms with E-state index in [0.29, 0.717) is 53.4 Å². The number of ether oxygens (including phenoxy) is 1. The summed E-state index contributed by atoms with van der Waals surface area (Å²) >= 11 is 6.19. The molecule has 0 saturated carbocycles. The Kier molecular flexibility index (Phi) is 7.08. The lowest BCUT2D eigenvalue weighted by Crippen LogP contribution is -2.19. The van der Waals surface area contributed by atoms with Crippen molar-refractivity contribution >= 4 is 17.4 Å². The molecule has 0 saturated heterocycles. The van der Waals surface area contributed by atoms with E-state index >= 15 is 4.39 Å². The van der Waals surface area contributed by atoms with Gasteiger partial charge in [0.05, 0.1) is 46.4 Å². The summed E-state index contributed by atoms with van der Waals surface area (Å²) in [6.07, 6.45) is 2.48. The normalized spacial score (nSPS) is 12.8. The summed E-state index contributed by atoms with van der Waals surface area (Å²) < 4.78 is 26.5. The summed E-state index contributed by atoms with van der Waals surface area (Å²) in [7, 11) is 1.89. The summed E-state index contributed by atoms with van der Waals surface area (Å²) in [4.78, 5) is 16.3. The highest BCUT2D eigenvalue weighted by Crippen LogP contribution is 2.38. The molecule has 0 bridgehead atoms. The number of aromatic nitrogens is 4.